The first-order valence-corrected chi connectivity index (χ1v) is 3.49. The van der Waals surface area contributed by atoms with Gasteiger partial charge in [0.2, 0.25) is 0 Å². The molecule has 10 heavy (non-hydrogen) atoms. The molecule has 0 unspecified atom stereocenters. The van der Waals surface area contributed by atoms with Crippen molar-refractivity contribution in [2.75, 3.05) is 13.1 Å². The van der Waals surface area contributed by atoms with Gasteiger partial charge in [0, 0.05) is 13.1 Å². The molecular formula is C7H15ClN2. The summed E-state index contributed by atoms with van der Waals surface area (Å²) >= 11 is 0. The van der Waals surface area contributed by atoms with Crippen LogP contribution in [0.15, 0.2) is 9.98 Å². The Morgan fingerprint density at radius 3 is 1.70 bits per heavy atom. The summed E-state index contributed by atoms with van der Waals surface area (Å²) in [6.45, 7) is 5.89. The van der Waals surface area contributed by atoms with Crippen molar-refractivity contribution in [2.24, 2.45) is 9.98 Å². The lowest BCUT2D eigenvalue weighted by atomic mass is 10.5. The summed E-state index contributed by atoms with van der Waals surface area (Å²) in [7, 11) is 0. The molecular weight excluding hydrogens is 148 g/mol. The molecule has 0 amide bonds. The molecule has 0 aromatic heterocycles. The molecule has 0 atom stereocenters. The van der Waals surface area contributed by atoms with E-state index in [2.05, 4.69) is 29.8 Å². The fourth-order valence-electron chi connectivity index (χ4n) is 0.374. The van der Waals surface area contributed by atoms with Gasteiger partial charge >= 0.3 is 0 Å². The van der Waals surface area contributed by atoms with E-state index < -0.39 is 0 Å². The molecule has 0 bridgehead atoms. The maximum Gasteiger partial charge on any atom is 0.0892 e. The van der Waals surface area contributed by atoms with E-state index in [0.717, 1.165) is 25.9 Å². The third-order valence-corrected chi connectivity index (χ3v) is 0.812. The Kier molecular flexibility index (Phi) is 14.2. The highest BCUT2D eigenvalue weighted by atomic mass is 35.5. The van der Waals surface area contributed by atoms with E-state index in [1.54, 1.807) is 0 Å². The van der Waals surface area contributed by atoms with Crippen LogP contribution in [-0.2, 0) is 0 Å². The average molecular weight is 163 g/mol. The van der Waals surface area contributed by atoms with Crippen LogP contribution in [0.4, 0.5) is 0 Å². The quantitative estimate of drug-likeness (QED) is 0.568. The van der Waals surface area contributed by atoms with Crippen molar-refractivity contribution in [2.45, 2.75) is 26.7 Å². The van der Waals surface area contributed by atoms with Gasteiger partial charge in [-0.25, -0.2) is 9.98 Å². The largest absolute Gasteiger partial charge is 0.226 e. The molecule has 2 nitrogen and oxygen atoms in total. The number of halogens is 1. The Bertz CT molecular complexity index is 96.2. The van der Waals surface area contributed by atoms with Gasteiger partial charge in [-0.05, 0) is 12.8 Å². The van der Waals surface area contributed by atoms with E-state index in [9.17, 15) is 0 Å². The van der Waals surface area contributed by atoms with Crippen molar-refractivity contribution in [3.05, 3.63) is 0 Å². The van der Waals surface area contributed by atoms with Gasteiger partial charge in [-0.3, -0.25) is 0 Å². The van der Waals surface area contributed by atoms with Gasteiger partial charge in [0.15, 0.2) is 0 Å². The Hall–Kier alpha value is -0.330. The Morgan fingerprint density at radius 2 is 1.40 bits per heavy atom. The summed E-state index contributed by atoms with van der Waals surface area (Å²) in [4.78, 5) is 7.82. The summed E-state index contributed by atoms with van der Waals surface area (Å²) in [5.74, 6) is 0. The minimum atomic E-state index is 0. The zero-order valence-electron chi connectivity index (χ0n) is 6.63. The van der Waals surface area contributed by atoms with Crippen LogP contribution in [0.25, 0.3) is 0 Å². The van der Waals surface area contributed by atoms with Gasteiger partial charge in [0.1, 0.15) is 0 Å². The minimum absolute atomic E-state index is 0. The van der Waals surface area contributed by atoms with E-state index in [1.807, 2.05) is 0 Å². The number of rotatable bonds is 4. The van der Waals surface area contributed by atoms with E-state index in [1.165, 1.54) is 0 Å². The van der Waals surface area contributed by atoms with Crippen molar-refractivity contribution in [1.29, 1.82) is 0 Å². The summed E-state index contributed by atoms with van der Waals surface area (Å²) < 4.78 is 0. The van der Waals surface area contributed by atoms with Crippen LogP contribution < -0.4 is 0 Å². The SMILES string of the molecule is CCCN=C=NCCC.Cl. The van der Waals surface area contributed by atoms with Crippen molar-refractivity contribution >= 4 is 18.4 Å². The highest BCUT2D eigenvalue weighted by Crippen LogP contribution is 1.75. The molecule has 0 aromatic rings. The van der Waals surface area contributed by atoms with Gasteiger partial charge in [-0.2, -0.15) is 0 Å². The molecule has 0 radical (unpaired) electrons. The molecule has 0 aliphatic rings. The normalized spacial score (nSPS) is 7.40. The zero-order valence-corrected chi connectivity index (χ0v) is 7.45. The topological polar surface area (TPSA) is 24.7 Å². The number of nitrogens with zero attached hydrogens (tertiary/aromatic N) is 2. The van der Waals surface area contributed by atoms with Crippen molar-refractivity contribution in [3.63, 3.8) is 0 Å². The lowest BCUT2D eigenvalue weighted by Gasteiger charge is -1.78. The molecule has 0 aromatic carbocycles. The molecule has 0 saturated carbocycles. The number of aliphatic imine (C=N–C) groups is 2. The van der Waals surface area contributed by atoms with E-state index >= 15 is 0 Å². The Balaban J connectivity index is 0. The second-order valence-corrected chi connectivity index (χ2v) is 1.86. The van der Waals surface area contributed by atoms with E-state index in [-0.39, 0.29) is 12.4 Å². The second-order valence-electron chi connectivity index (χ2n) is 1.86. The molecule has 0 saturated heterocycles. The number of hydrogen-bond donors (Lipinski definition) is 0. The molecule has 0 rings (SSSR count). The zero-order chi connectivity index (χ0) is 6.95. The van der Waals surface area contributed by atoms with Gasteiger partial charge in [0.05, 0.1) is 6.01 Å². The first-order valence-electron chi connectivity index (χ1n) is 3.49. The van der Waals surface area contributed by atoms with Gasteiger partial charge in [-0.15, -0.1) is 12.4 Å². The first kappa shape index (κ1) is 12.4. The summed E-state index contributed by atoms with van der Waals surface area (Å²) in [6, 6.07) is 2.64. The first-order chi connectivity index (χ1) is 4.41. The standard InChI is InChI=1S/C7H14N2.ClH/c1-3-5-8-7-9-6-4-2;/h3-6H2,1-2H3;1H. The lowest BCUT2D eigenvalue weighted by molar-refractivity contribution is 0.918. The van der Waals surface area contributed by atoms with E-state index in [0.29, 0.717) is 0 Å². The molecule has 0 heterocycles. The maximum atomic E-state index is 3.91. The van der Waals surface area contributed by atoms with E-state index in [4.69, 9.17) is 0 Å². The summed E-state index contributed by atoms with van der Waals surface area (Å²) in [5, 5.41) is 0. The predicted octanol–water partition coefficient (Wildman–Crippen LogP) is 2.40. The molecule has 3 heteroatoms. The van der Waals surface area contributed by atoms with Crippen LogP contribution in [0, 0.1) is 0 Å². The van der Waals surface area contributed by atoms with Gasteiger partial charge in [0.25, 0.3) is 0 Å². The molecule has 0 fully saturated rings. The highest BCUT2D eigenvalue weighted by Gasteiger charge is 1.70. The summed E-state index contributed by atoms with van der Waals surface area (Å²) in [5.41, 5.74) is 0. The molecule has 0 N–H and O–H groups in total. The van der Waals surface area contributed by atoms with Crippen LogP contribution in [0.1, 0.15) is 26.7 Å². The predicted molar refractivity (Wildman–Crippen MR) is 47.4 cm³/mol. The van der Waals surface area contributed by atoms with Crippen molar-refractivity contribution in [1.82, 2.24) is 0 Å². The smallest absolute Gasteiger partial charge is 0.0892 e. The minimum Gasteiger partial charge on any atom is -0.226 e. The third-order valence-electron chi connectivity index (χ3n) is 0.812. The van der Waals surface area contributed by atoms with Gasteiger partial charge < -0.3 is 0 Å². The van der Waals surface area contributed by atoms with Crippen molar-refractivity contribution < 1.29 is 0 Å². The lowest BCUT2D eigenvalue weighted by Crippen LogP contribution is -1.74. The fourth-order valence-corrected chi connectivity index (χ4v) is 0.374. The fraction of sp³-hybridized carbons (Fsp3) is 0.857. The Labute approximate surface area is 68.9 Å². The molecule has 0 aliphatic carbocycles. The third kappa shape index (κ3) is 10.6. The summed E-state index contributed by atoms with van der Waals surface area (Å²) in [6.07, 6.45) is 2.16. The average Bonchev–Trinajstić information content (AvgIpc) is 1.89. The van der Waals surface area contributed by atoms with Crippen LogP contribution >= 0.6 is 12.4 Å². The monoisotopic (exact) mass is 162 g/mol. The second kappa shape index (κ2) is 11.5. The Morgan fingerprint density at radius 1 is 1.00 bits per heavy atom. The molecule has 60 valence electrons. The molecule has 0 aliphatic heterocycles. The molecule has 0 spiro atoms. The maximum absolute atomic E-state index is 3.91. The van der Waals surface area contributed by atoms with Crippen molar-refractivity contribution in [3.8, 4) is 0 Å². The number of hydrogen-bond acceptors (Lipinski definition) is 2. The van der Waals surface area contributed by atoms with Crippen LogP contribution in [-0.4, -0.2) is 19.1 Å². The highest BCUT2D eigenvalue weighted by molar-refractivity contribution is 5.85. The van der Waals surface area contributed by atoms with Crippen LogP contribution in [0.2, 0.25) is 0 Å². The van der Waals surface area contributed by atoms with Gasteiger partial charge in [-0.1, -0.05) is 13.8 Å². The van der Waals surface area contributed by atoms with Crippen LogP contribution in [0.3, 0.4) is 0 Å². The van der Waals surface area contributed by atoms with Crippen LogP contribution in [0.5, 0.6) is 0 Å².